The van der Waals surface area contributed by atoms with E-state index in [1.54, 1.807) is 6.20 Å². The van der Waals surface area contributed by atoms with Gasteiger partial charge in [-0.3, -0.25) is 10.00 Å². The van der Waals surface area contributed by atoms with Crippen LogP contribution in [0, 0.1) is 0 Å². The van der Waals surface area contributed by atoms with E-state index < -0.39 is 0 Å². The van der Waals surface area contributed by atoms with E-state index >= 15 is 0 Å². The van der Waals surface area contributed by atoms with Crippen LogP contribution >= 0.6 is 0 Å². The van der Waals surface area contributed by atoms with Crippen molar-refractivity contribution < 1.29 is 0 Å². The number of piperidine rings is 1. The zero-order valence-electron chi connectivity index (χ0n) is 12.3. The highest BCUT2D eigenvalue weighted by atomic mass is 15.3. The third-order valence-electron chi connectivity index (χ3n) is 4.77. The number of piperazine rings is 1. The molecule has 112 valence electrons. The number of nitrogens with one attached hydrogen (secondary N) is 1. The minimum Gasteiger partial charge on any atom is -0.368 e. The number of anilines is 2. The van der Waals surface area contributed by atoms with Gasteiger partial charge in [-0.1, -0.05) is 6.42 Å². The van der Waals surface area contributed by atoms with Gasteiger partial charge in [0.2, 0.25) is 5.95 Å². The second-order valence-corrected chi connectivity index (χ2v) is 6.18. The molecule has 0 radical (unpaired) electrons. The molecule has 2 aliphatic rings. The molecule has 0 aliphatic carbocycles. The summed E-state index contributed by atoms with van der Waals surface area (Å²) in [4.78, 5) is 13.7. The molecule has 4 rings (SSSR count). The van der Waals surface area contributed by atoms with Crippen LogP contribution in [-0.2, 0) is 0 Å². The summed E-state index contributed by atoms with van der Waals surface area (Å²) in [6.07, 6.45) is 5.73. The lowest BCUT2D eigenvalue weighted by molar-refractivity contribution is 0.115. The third-order valence-corrected chi connectivity index (χ3v) is 4.77. The van der Waals surface area contributed by atoms with Crippen molar-refractivity contribution in [3.8, 4) is 0 Å². The molecule has 21 heavy (non-hydrogen) atoms. The van der Waals surface area contributed by atoms with Crippen molar-refractivity contribution in [3.05, 3.63) is 6.20 Å². The van der Waals surface area contributed by atoms with E-state index in [1.165, 1.54) is 25.8 Å². The summed E-state index contributed by atoms with van der Waals surface area (Å²) in [7, 11) is 0. The Kier molecular flexibility index (Phi) is 2.95. The van der Waals surface area contributed by atoms with E-state index in [0.29, 0.717) is 18.0 Å². The molecule has 2 unspecified atom stereocenters. The van der Waals surface area contributed by atoms with Gasteiger partial charge in [0.25, 0.3) is 0 Å². The predicted molar refractivity (Wildman–Crippen MR) is 82.1 cm³/mol. The number of hydrogen-bond acceptors (Lipinski definition) is 6. The topological polar surface area (TPSA) is 87.0 Å². The van der Waals surface area contributed by atoms with Crippen LogP contribution < -0.4 is 10.6 Å². The first-order valence-corrected chi connectivity index (χ1v) is 7.69. The number of fused-ring (bicyclic) bond motifs is 2. The van der Waals surface area contributed by atoms with Gasteiger partial charge >= 0.3 is 0 Å². The normalized spacial score (nSPS) is 27.0. The molecule has 2 saturated heterocycles. The van der Waals surface area contributed by atoms with Gasteiger partial charge in [-0.2, -0.15) is 15.1 Å². The standard InChI is InChI=1S/C14H21N7/c1-9-7-20-5-3-2-4-10(20)8-21(9)13-11-6-16-19-12(11)17-14(15)18-13/h6,9-10H,2-5,7-8H2,1H3,(H3,15,16,17,18,19). The zero-order chi connectivity index (χ0) is 14.4. The summed E-state index contributed by atoms with van der Waals surface area (Å²) in [6.45, 7) is 5.59. The SMILES string of the molecule is CC1CN2CCCCC2CN1c1nc(N)nc2[nH]ncc12. The average Bonchev–Trinajstić information content (AvgIpc) is 2.94. The molecule has 0 amide bonds. The number of nitrogen functional groups attached to an aromatic ring is 1. The fourth-order valence-electron chi connectivity index (χ4n) is 3.70. The number of nitrogens with zero attached hydrogens (tertiary/aromatic N) is 5. The molecular formula is C14H21N7. The molecule has 2 fully saturated rings. The third kappa shape index (κ3) is 2.12. The molecule has 2 aromatic rings. The van der Waals surface area contributed by atoms with E-state index in [2.05, 4.69) is 36.9 Å². The molecule has 3 N–H and O–H groups in total. The number of nitrogens with two attached hydrogens (primary N) is 1. The lowest BCUT2D eigenvalue weighted by atomic mass is 9.97. The van der Waals surface area contributed by atoms with Gasteiger partial charge in [0.15, 0.2) is 5.65 Å². The number of H-pyrrole nitrogens is 1. The summed E-state index contributed by atoms with van der Waals surface area (Å²) >= 11 is 0. The molecule has 0 aromatic carbocycles. The van der Waals surface area contributed by atoms with E-state index in [0.717, 1.165) is 29.9 Å². The quantitative estimate of drug-likeness (QED) is 0.813. The Morgan fingerprint density at radius 2 is 2.19 bits per heavy atom. The van der Waals surface area contributed by atoms with Crippen molar-refractivity contribution in [2.75, 3.05) is 30.3 Å². The molecule has 0 saturated carbocycles. The molecule has 7 nitrogen and oxygen atoms in total. The van der Waals surface area contributed by atoms with Gasteiger partial charge in [-0.05, 0) is 26.3 Å². The van der Waals surface area contributed by atoms with E-state index in [4.69, 9.17) is 5.73 Å². The van der Waals surface area contributed by atoms with Gasteiger partial charge in [-0.25, -0.2) is 0 Å². The summed E-state index contributed by atoms with van der Waals surface area (Å²) in [5.41, 5.74) is 6.58. The summed E-state index contributed by atoms with van der Waals surface area (Å²) in [6, 6.07) is 1.06. The van der Waals surface area contributed by atoms with Crippen LogP contribution in [0.25, 0.3) is 11.0 Å². The fraction of sp³-hybridized carbons (Fsp3) is 0.643. The molecule has 0 bridgehead atoms. The van der Waals surface area contributed by atoms with E-state index in [1.807, 2.05) is 0 Å². The monoisotopic (exact) mass is 287 g/mol. The Morgan fingerprint density at radius 3 is 3.10 bits per heavy atom. The zero-order valence-corrected chi connectivity index (χ0v) is 12.3. The highest BCUT2D eigenvalue weighted by Crippen LogP contribution is 2.30. The first kappa shape index (κ1) is 12.8. The van der Waals surface area contributed by atoms with E-state index in [9.17, 15) is 0 Å². The molecule has 2 aromatic heterocycles. The molecule has 2 aliphatic heterocycles. The van der Waals surface area contributed by atoms with Gasteiger partial charge in [-0.15, -0.1) is 0 Å². The summed E-state index contributed by atoms with van der Waals surface area (Å²) in [5, 5.41) is 7.94. The van der Waals surface area contributed by atoms with Gasteiger partial charge in [0.1, 0.15) is 5.82 Å². The maximum absolute atomic E-state index is 5.86. The number of rotatable bonds is 1. The van der Waals surface area contributed by atoms with E-state index in [-0.39, 0.29) is 0 Å². The summed E-state index contributed by atoms with van der Waals surface area (Å²) in [5.74, 6) is 1.23. The highest BCUT2D eigenvalue weighted by molar-refractivity contribution is 5.87. The number of aromatic amines is 1. The van der Waals surface area contributed by atoms with Crippen molar-refractivity contribution in [1.82, 2.24) is 25.1 Å². The first-order valence-electron chi connectivity index (χ1n) is 7.69. The largest absolute Gasteiger partial charge is 0.368 e. The molecule has 4 heterocycles. The van der Waals surface area contributed by atoms with Crippen molar-refractivity contribution >= 4 is 22.8 Å². The molecular weight excluding hydrogens is 266 g/mol. The minimum absolute atomic E-state index is 0.306. The van der Waals surface area contributed by atoms with Crippen LogP contribution in [-0.4, -0.2) is 56.8 Å². The maximum atomic E-state index is 5.86. The van der Waals surface area contributed by atoms with Crippen LogP contribution in [0.3, 0.4) is 0 Å². The Hall–Kier alpha value is -1.89. The van der Waals surface area contributed by atoms with Gasteiger partial charge in [0.05, 0.1) is 11.6 Å². The van der Waals surface area contributed by atoms with Crippen LogP contribution in [0.4, 0.5) is 11.8 Å². The molecule has 2 atom stereocenters. The second-order valence-electron chi connectivity index (χ2n) is 6.18. The maximum Gasteiger partial charge on any atom is 0.224 e. The Morgan fingerprint density at radius 1 is 1.29 bits per heavy atom. The van der Waals surface area contributed by atoms with Gasteiger partial charge < -0.3 is 10.6 Å². The van der Waals surface area contributed by atoms with Crippen molar-refractivity contribution in [3.63, 3.8) is 0 Å². The number of aromatic nitrogens is 4. The van der Waals surface area contributed by atoms with Crippen LogP contribution in [0.1, 0.15) is 26.2 Å². The van der Waals surface area contributed by atoms with Gasteiger partial charge in [0, 0.05) is 25.2 Å². The Labute approximate surface area is 123 Å². The Balaban J connectivity index is 1.72. The fourth-order valence-corrected chi connectivity index (χ4v) is 3.70. The van der Waals surface area contributed by atoms with Crippen molar-refractivity contribution in [1.29, 1.82) is 0 Å². The van der Waals surface area contributed by atoms with Crippen LogP contribution in [0.2, 0.25) is 0 Å². The van der Waals surface area contributed by atoms with Crippen LogP contribution in [0.15, 0.2) is 6.20 Å². The molecule has 7 heteroatoms. The van der Waals surface area contributed by atoms with Crippen molar-refractivity contribution in [2.24, 2.45) is 0 Å². The summed E-state index contributed by atoms with van der Waals surface area (Å²) < 4.78 is 0. The lowest BCUT2D eigenvalue weighted by Gasteiger charge is -2.48. The second kappa shape index (κ2) is 4.84. The predicted octanol–water partition coefficient (Wildman–Crippen LogP) is 0.998. The smallest absolute Gasteiger partial charge is 0.224 e. The highest BCUT2D eigenvalue weighted by Gasteiger charge is 2.34. The Bertz CT molecular complexity index is 652. The number of hydrogen-bond donors (Lipinski definition) is 2. The van der Waals surface area contributed by atoms with Crippen LogP contribution in [0.5, 0.6) is 0 Å². The first-order chi connectivity index (χ1) is 10.2. The van der Waals surface area contributed by atoms with Crippen molar-refractivity contribution in [2.45, 2.75) is 38.3 Å². The molecule has 0 spiro atoms. The average molecular weight is 287 g/mol. The lowest BCUT2D eigenvalue weighted by Crippen LogP contribution is -2.59. The minimum atomic E-state index is 0.306.